The Morgan fingerprint density at radius 2 is 0.848 bits per heavy atom. The predicted octanol–water partition coefficient (Wildman–Crippen LogP) is 11.4. The van der Waals surface area contributed by atoms with Gasteiger partial charge in [-0.2, -0.15) is 0 Å². The van der Waals surface area contributed by atoms with Crippen LogP contribution in [0.4, 0.5) is 0 Å². The van der Waals surface area contributed by atoms with E-state index >= 15 is 0 Å². The van der Waals surface area contributed by atoms with Gasteiger partial charge < -0.3 is 13.7 Å². The second-order valence-corrected chi connectivity index (χ2v) is 11.9. The highest BCUT2D eigenvalue weighted by molar-refractivity contribution is 6.37. The Hall–Kier alpha value is -5.80. The molecule has 0 saturated carbocycles. The van der Waals surface area contributed by atoms with E-state index in [1.807, 2.05) is 0 Å². The fraction of sp³-hybridized carbons (Fsp3) is 0.0698. The van der Waals surface area contributed by atoms with E-state index < -0.39 is 0 Å². The van der Waals surface area contributed by atoms with Gasteiger partial charge >= 0.3 is 0 Å². The third kappa shape index (κ3) is 3.60. The lowest BCUT2D eigenvalue weighted by Crippen LogP contribution is -2.00. The van der Waals surface area contributed by atoms with Gasteiger partial charge in [0.2, 0.25) is 0 Å². The van der Waals surface area contributed by atoms with Crippen LogP contribution in [0, 0.1) is 0 Å². The number of benzene rings is 6. The van der Waals surface area contributed by atoms with Crippen LogP contribution in [0.15, 0.2) is 146 Å². The monoisotopic (exact) mass is 591 g/mol. The molecule has 0 N–H and O–H groups in total. The molecular weight excluding hydrogens is 558 g/mol. The summed E-state index contributed by atoms with van der Waals surface area (Å²) in [6.07, 6.45) is 5.42. The van der Waals surface area contributed by atoms with Crippen LogP contribution in [-0.2, 0) is 6.42 Å². The summed E-state index contributed by atoms with van der Waals surface area (Å²) in [5.74, 6) is 0. The van der Waals surface area contributed by atoms with Crippen molar-refractivity contribution in [1.29, 1.82) is 0 Å². The standard InChI is InChI=1S/C43H33N3/c1-3-18-32-35(4-2)44(29-19-8-5-9-20-29)41-38(32)42-40(34-26-15-17-28-37(34)45(42)30-21-10-6-11-22-30)43-39(41)33-25-14-16-27-36(33)46(43)31-23-12-7-13-24-31/h3,5-28H,4H2,1-2H3/b18-3-. The van der Waals surface area contributed by atoms with Gasteiger partial charge in [-0.3, -0.25) is 0 Å². The molecule has 6 aromatic carbocycles. The molecule has 0 radical (unpaired) electrons. The summed E-state index contributed by atoms with van der Waals surface area (Å²) in [6, 6.07) is 50.5. The molecule has 3 aromatic heterocycles. The third-order valence-corrected chi connectivity index (χ3v) is 9.48. The van der Waals surface area contributed by atoms with Gasteiger partial charge in [-0.1, -0.05) is 110 Å². The molecule has 3 heteroatoms. The van der Waals surface area contributed by atoms with Crippen LogP contribution in [0.2, 0.25) is 0 Å². The minimum absolute atomic E-state index is 0.898. The normalized spacial score (nSPS) is 12.1. The van der Waals surface area contributed by atoms with Gasteiger partial charge in [0.25, 0.3) is 0 Å². The highest BCUT2D eigenvalue weighted by Crippen LogP contribution is 2.49. The van der Waals surface area contributed by atoms with Crippen molar-refractivity contribution in [2.24, 2.45) is 0 Å². The zero-order valence-corrected chi connectivity index (χ0v) is 26.0. The fourth-order valence-electron chi connectivity index (χ4n) is 7.80. The van der Waals surface area contributed by atoms with Crippen molar-refractivity contribution in [2.75, 3.05) is 0 Å². The van der Waals surface area contributed by atoms with E-state index in [0.29, 0.717) is 0 Å². The van der Waals surface area contributed by atoms with Gasteiger partial charge in [0.15, 0.2) is 0 Å². The maximum atomic E-state index is 2.54. The molecule has 220 valence electrons. The summed E-state index contributed by atoms with van der Waals surface area (Å²) >= 11 is 0. The van der Waals surface area contributed by atoms with Crippen LogP contribution in [0.1, 0.15) is 25.1 Å². The summed E-state index contributed by atoms with van der Waals surface area (Å²) in [6.45, 7) is 4.42. The Bertz CT molecular complexity index is 2600. The zero-order valence-electron chi connectivity index (χ0n) is 26.0. The van der Waals surface area contributed by atoms with Crippen LogP contribution in [0.3, 0.4) is 0 Å². The van der Waals surface area contributed by atoms with Crippen LogP contribution in [-0.4, -0.2) is 13.7 Å². The number of hydrogen-bond acceptors (Lipinski definition) is 0. The SMILES string of the molecule is C/C=C\c1c(CC)n(-c2ccccc2)c2c1c1c(c3ccccc3n1-c1ccccc1)c1c2c2ccccc2n1-c1ccccc1. The van der Waals surface area contributed by atoms with Gasteiger partial charge in [0, 0.05) is 55.3 Å². The van der Waals surface area contributed by atoms with Crippen molar-refractivity contribution in [3.63, 3.8) is 0 Å². The first kappa shape index (κ1) is 26.6. The number of rotatable bonds is 5. The van der Waals surface area contributed by atoms with Crippen molar-refractivity contribution in [1.82, 2.24) is 13.7 Å². The molecule has 9 aromatic rings. The highest BCUT2D eigenvalue weighted by Gasteiger charge is 2.29. The van der Waals surface area contributed by atoms with Crippen LogP contribution < -0.4 is 0 Å². The number of fused-ring (bicyclic) bond motifs is 10. The second kappa shape index (κ2) is 10.4. The molecule has 0 aliphatic carbocycles. The summed E-state index contributed by atoms with van der Waals surface area (Å²) in [5.41, 5.74) is 12.3. The fourth-order valence-corrected chi connectivity index (χ4v) is 7.80. The maximum Gasteiger partial charge on any atom is 0.0663 e. The zero-order chi connectivity index (χ0) is 30.8. The summed E-state index contributed by atoms with van der Waals surface area (Å²) in [4.78, 5) is 0. The number of allylic oxidation sites excluding steroid dienone is 1. The van der Waals surface area contributed by atoms with Gasteiger partial charge in [-0.15, -0.1) is 0 Å². The Balaban J connectivity index is 1.71. The number of hydrogen-bond donors (Lipinski definition) is 0. The summed E-state index contributed by atoms with van der Waals surface area (Å²) in [5, 5.41) is 6.37. The average molecular weight is 592 g/mol. The average Bonchev–Trinajstić information content (AvgIpc) is 3.75. The molecule has 3 heterocycles. The lowest BCUT2D eigenvalue weighted by molar-refractivity contribution is 0.959. The lowest BCUT2D eigenvalue weighted by atomic mass is 10.0. The van der Waals surface area contributed by atoms with Gasteiger partial charge in [-0.25, -0.2) is 0 Å². The van der Waals surface area contributed by atoms with Crippen LogP contribution in [0.25, 0.3) is 77.7 Å². The Labute approximate surface area is 267 Å². The summed E-state index contributed by atoms with van der Waals surface area (Å²) in [7, 11) is 0. The number of para-hydroxylation sites is 5. The van der Waals surface area contributed by atoms with E-state index in [1.54, 1.807) is 0 Å². The quantitative estimate of drug-likeness (QED) is 0.189. The van der Waals surface area contributed by atoms with E-state index in [1.165, 1.54) is 71.5 Å². The molecule has 3 nitrogen and oxygen atoms in total. The molecule has 0 bridgehead atoms. The van der Waals surface area contributed by atoms with E-state index in [0.717, 1.165) is 17.8 Å². The van der Waals surface area contributed by atoms with Crippen molar-refractivity contribution < 1.29 is 0 Å². The lowest BCUT2D eigenvalue weighted by Gasteiger charge is -2.14. The minimum atomic E-state index is 0.898. The van der Waals surface area contributed by atoms with Crippen molar-refractivity contribution in [2.45, 2.75) is 20.3 Å². The molecule has 0 unspecified atom stereocenters. The summed E-state index contributed by atoms with van der Waals surface area (Å²) < 4.78 is 7.54. The van der Waals surface area contributed by atoms with E-state index in [9.17, 15) is 0 Å². The third-order valence-electron chi connectivity index (χ3n) is 9.48. The number of nitrogens with zero attached hydrogens (tertiary/aromatic N) is 3. The highest BCUT2D eigenvalue weighted by atomic mass is 15.1. The van der Waals surface area contributed by atoms with E-state index in [2.05, 4.69) is 179 Å². The second-order valence-electron chi connectivity index (χ2n) is 11.9. The Kier molecular flexibility index (Phi) is 6.01. The topological polar surface area (TPSA) is 14.8 Å². The van der Waals surface area contributed by atoms with Crippen molar-refractivity contribution >= 4 is 60.6 Å². The smallest absolute Gasteiger partial charge is 0.0663 e. The molecule has 0 aliphatic rings. The molecule has 0 saturated heterocycles. The van der Waals surface area contributed by atoms with Crippen molar-refractivity contribution in [3.8, 4) is 17.1 Å². The van der Waals surface area contributed by atoms with E-state index in [-0.39, 0.29) is 0 Å². The predicted molar refractivity (Wildman–Crippen MR) is 196 cm³/mol. The first-order valence-corrected chi connectivity index (χ1v) is 16.2. The van der Waals surface area contributed by atoms with Gasteiger partial charge in [0.05, 0.1) is 27.6 Å². The van der Waals surface area contributed by atoms with Gasteiger partial charge in [0.1, 0.15) is 0 Å². The Morgan fingerprint density at radius 3 is 1.30 bits per heavy atom. The molecule has 0 atom stereocenters. The molecule has 0 aliphatic heterocycles. The molecule has 0 spiro atoms. The van der Waals surface area contributed by atoms with Crippen LogP contribution >= 0.6 is 0 Å². The maximum absolute atomic E-state index is 2.54. The minimum Gasteiger partial charge on any atom is -0.312 e. The van der Waals surface area contributed by atoms with E-state index in [4.69, 9.17) is 0 Å². The molecule has 0 fully saturated rings. The molecule has 9 rings (SSSR count). The molecular formula is C43H33N3. The number of aromatic nitrogens is 3. The molecule has 46 heavy (non-hydrogen) atoms. The largest absolute Gasteiger partial charge is 0.312 e. The Morgan fingerprint density at radius 1 is 0.457 bits per heavy atom. The van der Waals surface area contributed by atoms with Gasteiger partial charge in [-0.05, 0) is 61.9 Å². The first-order chi connectivity index (χ1) is 22.8. The van der Waals surface area contributed by atoms with Crippen molar-refractivity contribution in [3.05, 3.63) is 157 Å². The molecule has 0 amide bonds. The first-order valence-electron chi connectivity index (χ1n) is 16.2. The van der Waals surface area contributed by atoms with Crippen LogP contribution in [0.5, 0.6) is 0 Å².